The number of halogens is 3. The number of nitrogens with one attached hydrogen (secondary N) is 2. The maximum Gasteiger partial charge on any atom is 0.573 e. The van der Waals surface area contributed by atoms with Crippen molar-refractivity contribution in [2.75, 3.05) is 6.54 Å². The molecule has 1 aliphatic rings. The van der Waals surface area contributed by atoms with Gasteiger partial charge in [-0.3, -0.25) is 14.4 Å². The van der Waals surface area contributed by atoms with Crippen molar-refractivity contribution in [2.45, 2.75) is 12.5 Å². The van der Waals surface area contributed by atoms with E-state index in [-0.39, 0.29) is 23.9 Å². The predicted octanol–water partition coefficient (Wildman–Crippen LogP) is 1.69. The summed E-state index contributed by atoms with van der Waals surface area (Å²) in [7, 11) is 0. The molecule has 0 radical (unpaired) electrons. The second-order valence-corrected chi connectivity index (χ2v) is 5.92. The molecular weight excluding hydrogens is 409 g/mol. The lowest BCUT2D eigenvalue weighted by molar-refractivity contribution is -0.274. The number of carbonyl (C=O) groups is 2. The first-order valence-electron chi connectivity index (χ1n) is 8.39. The van der Waals surface area contributed by atoms with Gasteiger partial charge in [-0.1, -0.05) is 12.1 Å². The number of primary amides is 1. The summed E-state index contributed by atoms with van der Waals surface area (Å²) < 4.78 is 46.0. The first kappa shape index (κ1) is 20.9. The zero-order valence-electron chi connectivity index (χ0n) is 15.1. The molecule has 1 unspecified atom stereocenters. The lowest BCUT2D eigenvalue weighted by Gasteiger charge is -2.11. The molecule has 2 amide bonds. The van der Waals surface area contributed by atoms with E-state index < -0.39 is 24.3 Å². The molecule has 0 fully saturated rings. The fourth-order valence-corrected chi connectivity index (χ4v) is 2.37. The van der Waals surface area contributed by atoms with Crippen LogP contribution in [0.2, 0.25) is 0 Å². The van der Waals surface area contributed by atoms with Gasteiger partial charge in [0.1, 0.15) is 23.3 Å². The second kappa shape index (κ2) is 8.69. The standard InChI is InChI=1S/C18H15F3N4O5/c19-18(20,21)29-11-3-1-10(2-4-11)14-7-16(25-30-14)28-12-5-6-13(23-8-12)17(27)24-9-15(22)26/h1-8,14,25H,9H2,(H2,22,26)(H,24,27). The molecule has 30 heavy (non-hydrogen) atoms. The van der Waals surface area contributed by atoms with Crippen LogP contribution in [0.3, 0.4) is 0 Å². The summed E-state index contributed by atoms with van der Waals surface area (Å²) in [4.78, 5) is 31.7. The largest absolute Gasteiger partial charge is 0.573 e. The molecule has 1 atom stereocenters. The quantitative estimate of drug-likeness (QED) is 0.618. The minimum absolute atomic E-state index is 0.0623. The fraction of sp³-hybridized carbons (Fsp3) is 0.167. The molecule has 158 valence electrons. The Hall–Kier alpha value is -3.80. The average Bonchev–Trinajstić information content (AvgIpc) is 3.14. The number of nitrogens with zero attached hydrogens (tertiary/aromatic N) is 1. The van der Waals surface area contributed by atoms with Gasteiger partial charge >= 0.3 is 6.36 Å². The Bertz CT molecular complexity index is 946. The third kappa shape index (κ3) is 5.85. The van der Waals surface area contributed by atoms with E-state index in [0.717, 1.165) is 0 Å². The van der Waals surface area contributed by atoms with Crippen molar-refractivity contribution in [3.05, 3.63) is 65.8 Å². The number of hydrogen-bond donors (Lipinski definition) is 3. The highest BCUT2D eigenvalue weighted by Crippen LogP contribution is 2.28. The van der Waals surface area contributed by atoms with Crippen LogP contribution in [0, 0.1) is 0 Å². The van der Waals surface area contributed by atoms with Crippen LogP contribution in [0.25, 0.3) is 0 Å². The van der Waals surface area contributed by atoms with Crippen molar-refractivity contribution in [2.24, 2.45) is 5.73 Å². The topological polar surface area (TPSA) is 125 Å². The van der Waals surface area contributed by atoms with E-state index in [9.17, 15) is 22.8 Å². The maximum atomic E-state index is 12.2. The first-order chi connectivity index (χ1) is 14.2. The van der Waals surface area contributed by atoms with Gasteiger partial charge in [-0.05, 0) is 29.8 Å². The van der Waals surface area contributed by atoms with E-state index in [4.69, 9.17) is 15.3 Å². The third-order valence-corrected chi connectivity index (χ3v) is 3.65. The molecule has 2 aromatic rings. The van der Waals surface area contributed by atoms with E-state index in [1.807, 2.05) is 0 Å². The van der Waals surface area contributed by atoms with E-state index >= 15 is 0 Å². The normalized spacial score (nSPS) is 15.7. The minimum Gasteiger partial charge on any atom is -0.438 e. The van der Waals surface area contributed by atoms with E-state index in [1.165, 1.54) is 42.6 Å². The van der Waals surface area contributed by atoms with Crippen molar-refractivity contribution in [1.29, 1.82) is 0 Å². The summed E-state index contributed by atoms with van der Waals surface area (Å²) >= 11 is 0. The van der Waals surface area contributed by atoms with Crippen molar-refractivity contribution >= 4 is 11.8 Å². The highest BCUT2D eigenvalue weighted by Gasteiger charge is 2.31. The molecular formula is C18H15F3N4O5. The van der Waals surface area contributed by atoms with Crippen LogP contribution >= 0.6 is 0 Å². The summed E-state index contributed by atoms with van der Waals surface area (Å²) in [5, 5.41) is 2.30. The monoisotopic (exact) mass is 424 g/mol. The zero-order valence-corrected chi connectivity index (χ0v) is 15.1. The number of pyridine rings is 1. The van der Waals surface area contributed by atoms with Crippen LogP contribution < -0.4 is 26.0 Å². The van der Waals surface area contributed by atoms with Crippen LogP contribution in [0.1, 0.15) is 22.2 Å². The van der Waals surface area contributed by atoms with Crippen LogP contribution in [0.4, 0.5) is 13.2 Å². The van der Waals surface area contributed by atoms with Gasteiger partial charge in [0.25, 0.3) is 5.91 Å². The second-order valence-electron chi connectivity index (χ2n) is 5.92. The smallest absolute Gasteiger partial charge is 0.438 e. The Kier molecular flexibility index (Phi) is 6.06. The van der Waals surface area contributed by atoms with Crippen molar-refractivity contribution < 1.29 is 37.1 Å². The van der Waals surface area contributed by atoms with Gasteiger partial charge < -0.3 is 20.5 Å². The molecule has 12 heteroatoms. The Morgan fingerprint density at radius 3 is 2.47 bits per heavy atom. The van der Waals surface area contributed by atoms with Gasteiger partial charge in [-0.15, -0.1) is 13.2 Å². The van der Waals surface area contributed by atoms with Gasteiger partial charge in [0, 0.05) is 6.08 Å². The van der Waals surface area contributed by atoms with Gasteiger partial charge in [-0.2, -0.15) is 0 Å². The Balaban J connectivity index is 1.58. The highest BCUT2D eigenvalue weighted by atomic mass is 19.4. The summed E-state index contributed by atoms with van der Waals surface area (Å²) in [6.45, 7) is -0.308. The maximum absolute atomic E-state index is 12.2. The van der Waals surface area contributed by atoms with Gasteiger partial charge in [0.05, 0.1) is 12.7 Å². The number of carbonyl (C=O) groups excluding carboxylic acids is 2. The minimum atomic E-state index is -4.76. The molecule has 3 rings (SSSR count). The number of aromatic nitrogens is 1. The van der Waals surface area contributed by atoms with Crippen LogP contribution in [0.15, 0.2) is 54.6 Å². The number of ether oxygens (including phenoxy) is 2. The number of rotatable bonds is 7. The molecule has 2 heterocycles. The molecule has 0 saturated carbocycles. The van der Waals surface area contributed by atoms with Gasteiger partial charge in [0.15, 0.2) is 0 Å². The Morgan fingerprint density at radius 1 is 1.17 bits per heavy atom. The lowest BCUT2D eigenvalue weighted by atomic mass is 10.1. The van der Waals surface area contributed by atoms with Gasteiger partial charge in [0.2, 0.25) is 11.8 Å². The van der Waals surface area contributed by atoms with Gasteiger partial charge in [-0.25, -0.2) is 10.5 Å². The molecule has 0 spiro atoms. The molecule has 9 nitrogen and oxygen atoms in total. The number of hydroxylamine groups is 1. The van der Waals surface area contributed by atoms with E-state index in [2.05, 4.69) is 20.5 Å². The number of nitrogens with two attached hydrogens (primary N) is 1. The molecule has 0 bridgehead atoms. The first-order valence-corrected chi connectivity index (χ1v) is 8.39. The van der Waals surface area contributed by atoms with E-state index in [0.29, 0.717) is 11.3 Å². The molecule has 1 aromatic carbocycles. The van der Waals surface area contributed by atoms with Crippen molar-refractivity contribution in [1.82, 2.24) is 15.8 Å². The summed E-state index contributed by atoms with van der Waals surface area (Å²) in [5.41, 5.74) is 8.12. The van der Waals surface area contributed by atoms with Crippen LogP contribution in [0.5, 0.6) is 11.5 Å². The molecule has 0 saturated heterocycles. The average molecular weight is 424 g/mol. The number of benzene rings is 1. The number of hydrogen-bond acceptors (Lipinski definition) is 7. The Labute approximate surface area is 167 Å². The fourth-order valence-electron chi connectivity index (χ4n) is 2.37. The lowest BCUT2D eigenvalue weighted by Crippen LogP contribution is -2.33. The van der Waals surface area contributed by atoms with E-state index in [1.54, 1.807) is 6.08 Å². The summed E-state index contributed by atoms with van der Waals surface area (Å²) in [5.74, 6) is -1.08. The Morgan fingerprint density at radius 2 is 1.87 bits per heavy atom. The number of amides is 2. The highest BCUT2D eigenvalue weighted by molar-refractivity contribution is 5.94. The molecule has 1 aliphatic heterocycles. The molecule has 0 aliphatic carbocycles. The number of alkyl halides is 3. The van der Waals surface area contributed by atoms with Crippen molar-refractivity contribution in [3.8, 4) is 11.5 Å². The van der Waals surface area contributed by atoms with Crippen LogP contribution in [-0.2, 0) is 9.63 Å². The SMILES string of the molecule is NC(=O)CNC(=O)c1ccc(OC2=CC(c3ccc(OC(F)(F)F)cc3)ON2)cn1. The zero-order chi connectivity index (χ0) is 21.7. The van der Waals surface area contributed by atoms with Crippen molar-refractivity contribution in [3.63, 3.8) is 0 Å². The molecule has 4 N–H and O–H groups in total. The van der Waals surface area contributed by atoms with Crippen LogP contribution in [-0.4, -0.2) is 29.7 Å². The predicted molar refractivity (Wildman–Crippen MR) is 94.6 cm³/mol. The summed E-state index contributed by atoms with van der Waals surface area (Å²) in [6, 6.07) is 8.06. The summed E-state index contributed by atoms with van der Waals surface area (Å²) in [6.07, 6.45) is -2.52. The molecule has 1 aromatic heterocycles. The third-order valence-electron chi connectivity index (χ3n) is 3.65.